The zero-order valence-corrected chi connectivity index (χ0v) is 34.3. The van der Waals surface area contributed by atoms with Gasteiger partial charge in [0.1, 0.15) is 30.9 Å². The number of benzene rings is 1. The Morgan fingerprint density at radius 2 is 1.10 bits per heavy atom. The van der Waals surface area contributed by atoms with Crippen molar-refractivity contribution in [2.75, 3.05) is 46.6 Å². The number of hydrogen-bond donors (Lipinski definition) is 3. The number of pyridine rings is 4. The standard InChI is InChI=1S/C25H28N6O2.C18H22N6O2/c1-4-30(5-2)22-12-11-20(15-27-22)14-26-21-13-23(32)31(25-24(21)18(3)28-17-29-25)33-16-19-9-7-6-8-10-19;1-4-23(5-2)15-7-6-13(10-20-15)9-19-14-8-16(25)24(26)18-17(14)12(3)21-11-22-18/h6-13,15,17,26H,4-5,14,16H2,1-3H3;6-8,10-11,19,26H,4-5,9H2,1-3H3. The lowest BCUT2D eigenvalue weighted by atomic mass is 10.2. The monoisotopic (exact) mass is 798 g/mol. The summed E-state index contributed by atoms with van der Waals surface area (Å²) < 4.78 is 1.78. The highest BCUT2D eigenvalue weighted by Gasteiger charge is 2.16. The van der Waals surface area contributed by atoms with Gasteiger partial charge in [-0.05, 0) is 70.4 Å². The molecule has 16 heteroatoms. The highest BCUT2D eigenvalue weighted by atomic mass is 16.7. The fraction of sp³-hybridized carbons (Fsp3) is 0.302. The fourth-order valence-corrected chi connectivity index (χ4v) is 6.61. The third-order valence-electron chi connectivity index (χ3n) is 9.87. The maximum absolute atomic E-state index is 12.9. The molecule has 59 heavy (non-hydrogen) atoms. The average Bonchev–Trinajstić information content (AvgIpc) is 3.25. The minimum absolute atomic E-state index is 0.183. The van der Waals surface area contributed by atoms with Crippen LogP contribution in [0.1, 0.15) is 55.8 Å². The molecule has 0 amide bonds. The smallest absolute Gasteiger partial charge is 0.287 e. The lowest BCUT2D eigenvalue weighted by molar-refractivity contribution is 0.0979. The molecule has 6 aromatic heterocycles. The molecule has 3 N–H and O–H groups in total. The Balaban J connectivity index is 0.000000204. The first-order valence-electron chi connectivity index (χ1n) is 19.6. The van der Waals surface area contributed by atoms with Crippen molar-refractivity contribution in [3.05, 3.63) is 141 Å². The van der Waals surface area contributed by atoms with Crippen molar-refractivity contribution in [1.82, 2.24) is 39.4 Å². The van der Waals surface area contributed by atoms with Gasteiger partial charge < -0.3 is 30.5 Å². The number of anilines is 4. The highest BCUT2D eigenvalue weighted by molar-refractivity contribution is 5.91. The van der Waals surface area contributed by atoms with E-state index in [1.807, 2.05) is 73.9 Å². The van der Waals surface area contributed by atoms with E-state index in [4.69, 9.17) is 4.84 Å². The van der Waals surface area contributed by atoms with Crippen molar-refractivity contribution in [2.24, 2.45) is 0 Å². The molecular weight excluding hydrogens is 749 g/mol. The Morgan fingerprint density at radius 3 is 1.59 bits per heavy atom. The van der Waals surface area contributed by atoms with Gasteiger partial charge in [0.25, 0.3) is 11.1 Å². The van der Waals surface area contributed by atoms with Crippen LogP contribution in [0.4, 0.5) is 23.0 Å². The third kappa shape index (κ3) is 9.72. The van der Waals surface area contributed by atoms with Crippen LogP contribution in [0.2, 0.25) is 0 Å². The van der Waals surface area contributed by atoms with E-state index in [1.54, 1.807) is 6.92 Å². The molecule has 0 aliphatic rings. The SMILES string of the molecule is CCN(CC)c1ccc(CNc2cc(=O)n(O)c3ncnc(C)c23)cn1.CCN(CC)c1ccc(CNc2cc(=O)n(OCc3ccccc3)c3ncnc(C)c23)cn1. The average molecular weight is 799 g/mol. The first kappa shape index (κ1) is 41.5. The number of aryl methyl sites for hydroxylation is 2. The summed E-state index contributed by atoms with van der Waals surface area (Å²) in [6.45, 7) is 17.0. The molecule has 0 aliphatic carbocycles. The molecule has 7 aromatic rings. The van der Waals surface area contributed by atoms with Crippen LogP contribution in [-0.2, 0) is 19.7 Å². The molecule has 0 fully saturated rings. The highest BCUT2D eigenvalue weighted by Crippen LogP contribution is 2.24. The molecule has 0 aliphatic heterocycles. The minimum Gasteiger partial charge on any atom is -0.423 e. The van der Waals surface area contributed by atoms with Gasteiger partial charge in [0, 0.05) is 63.8 Å². The number of aromatic nitrogens is 8. The maximum atomic E-state index is 12.9. The number of hydrogen-bond acceptors (Lipinski definition) is 14. The normalized spacial score (nSPS) is 10.9. The first-order chi connectivity index (χ1) is 28.6. The van der Waals surface area contributed by atoms with Gasteiger partial charge >= 0.3 is 0 Å². The Hall–Kier alpha value is -7.10. The summed E-state index contributed by atoms with van der Waals surface area (Å²) in [5, 5.41) is 17.8. The first-order valence-corrected chi connectivity index (χ1v) is 19.6. The predicted octanol–water partition coefficient (Wildman–Crippen LogP) is 5.77. The van der Waals surface area contributed by atoms with Crippen LogP contribution >= 0.6 is 0 Å². The van der Waals surface area contributed by atoms with Crippen molar-refractivity contribution < 1.29 is 10.0 Å². The predicted molar refractivity (Wildman–Crippen MR) is 231 cm³/mol. The largest absolute Gasteiger partial charge is 0.423 e. The van der Waals surface area contributed by atoms with E-state index in [0.717, 1.165) is 65.6 Å². The van der Waals surface area contributed by atoms with Gasteiger partial charge in [-0.15, -0.1) is 9.46 Å². The molecule has 306 valence electrons. The molecule has 0 atom stereocenters. The second kappa shape index (κ2) is 19.4. The Kier molecular flexibility index (Phi) is 13.6. The summed E-state index contributed by atoms with van der Waals surface area (Å²) in [4.78, 5) is 61.0. The van der Waals surface area contributed by atoms with Gasteiger partial charge in [-0.1, -0.05) is 42.5 Å². The lowest BCUT2D eigenvalue weighted by Crippen LogP contribution is -2.28. The molecule has 1 aromatic carbocycles. The van der Waals surface area contributed by atoms with Gasteiger partial charge in [0.2, 0.25) is 0 Å². The number of nitrogens with one attached hydrogen (secondary N) is 2. The van der Waals surface area contributed by atoms with E-state index in [2.05, 4.69) is 78.0 Å². The van der Waals surface area contributed by atoms with Crippen molar-refractivity contribution in [3.8, 4) is 0 Å². The molecule has 7 rings (SSSR count). The van der Waals surface area contributed by atoms with Gasteiger partial charge in [0.05, 0.1) is 33.5 Å². The molecule has 0 radical (unpaired) electrons. The number of nitrogens with zero attached hydrogens (tertiary/aromatic N) is 10. The zero-order chi connectivity index (χ0) is 41.9. The van der Waals surface area contributed by atoms with Crippen molar-refractivity contribution in [3.63, 3.8) is 0 Å². The topological polar surface area (TPSA) is 181 Å². The summed E-state index contributed by atoms with van der Waals surface area (Å²) in [5.74, 6) is 1.90. The number of rotatable bonds is 15. The molecule has 0 unspecified atom stereocenters. The van der Waals surface area contributed by atoms with Crippen LogP contribution in [0.5, 0.6) is 0 Å². The summed E-state index contributed by atoms with van der Waals surface area (Å²) in [6, 6.07) is 20.6. The van der Waals surface area contributed by atoms with Gasteiger partial charge in [-0.2, -0.15) is 0 Å². The zero-order valence-electron chi connectivity index (χ0n) is 34.3. The Bertz CT molecular complexity index is 2590. The van der Waals surface area contributed by atoms with E-state index in [-0.39, 0.29) is 17.8 Å². The van der Waals surface area contributed by atoms with Crippen molar-refractivity contribution in [1.29, 1.82) is 0 Å². The van der Waals surface area contributed by atoms with Gasteiger partial charge in [0.15, 0.2) is 11.3 Å². The summed E-state index contributed by atoms with van der Waals surface area (Å²) in [5.41, 5.74) is 5.42. The maximum Gasteiger partial charge on any atom is 0.287 e. The Morgan fingerprint density at radius 1 is 0.610 bits per heavy atom. The van der Waals surface area contributed by atoms with E-state index in [0.29, 0.717) is 45.9 Å². The van der Waals surface area contributed by atoms with Gasteiger partial charge in [-0.25, -0.2) is 29.9 Å². The van der Waals surface area contributed by atoms with Crippen LogP contribution in [0.3, 0.4) is 0 Å². The lowest BCUT2D eigenvalue weighted by Gasteiger charge is -2.20. The van der Waals surface area contributed by atoms with E-state index < -0.39 is 5.56 Å². The van der Waals surface area contributed by atoms with Crippen LogP contribution in [0.15, 0.2) is 101 Å². The van der Waals surface area contributed by atoms with Crippen molar-refractivity contribution in [2.45, 2.75) is 61.2 Å². The quantitative estimate of drug-likeness (QED) is 0.106. The van der Waals surface area contributed by atoms with E-state index in [1.165, 1.54) is 29.5 Å². The fourth-order valence-electron chi connectivity index (χ4n) is 6.61. The summed E-state index contributed by atoms with van der Waals surface area (Å²) in [7, 11) is 0. The molecular formula is C43H50N12O4. The molecule has 16 nitrogen and oxygen atoms in total. The van der Waals surface area contributed by atoms with Crippen LogP contribution in [0, 0.1) is 13.8 Å². The molecule has 0 spiro atoms. The minimum atomic E-state index is -0.548. The Labute approximate surface area is 342 Å². The molecule has 6 heterocycles. The van der Waals surface area contributed by atoms with Crippen LogP contribution in [0.25, 0.3) is 22.1 Å². The molecule has 0 saturated carbocycles. The van der Waals surface area contributed by atoms with Crippen molar-refractivity contribution >= 4 is 45.1 Å². The molecule has 0 bridgehead atoms. The van der Waals surface area contributed by atoms with Crippen LogP contribution in [-0.4, -0.2) is 70.8 Å². The summed E-state index contributed by atoms with van der Waals surface area (Å²) in [6.07, 6.45) is 6.44. The number of fused-ring (bicyclic) bond motifs is 2. The van der Waals surface area contributed by atoms with Gasteiger partial charge in [-0.3, -0.25) is 9.59 Å². The van der Waals surface area contributed by atoms with Crippen LogP contribution < -0.4 is 36.4 Å². The third-order valence-corrected chi connectivity index (χ3v) is 9.87. The second-order valence-electron chi connectivity index (χ2n) is 13.6. The van der Waals surface area contributed by atoms with E-state index >= 15 is 0 Å². The van der Waals surface area contributed by atoms with E-state index in [9.17, 15) is 14.8 Å². The molecule has 0 saturated heterocycles. The second-order valence-corrected chi connectivity index (χ2v) is 13.6. The summed E-state index contributed by atoms with van der Waals surface area (Å²) >= 11 is 0.